The minimum Gasteiger partial charge on any atom is -0.497 e. The molecule has 0 fully saturated rings. The molecule has 0 unspecified atom stereocenters. The van der Waals surface area contributed by atoms with Gasteiger partial charge in [-0.2, -0.15) is 0 Å². The summed E-state index contributed by atoms with van der Waals surface area (Å²) < 4.78 is 5.15. The van der Waals surface area contributed by atoms with Crippen molar-refractivity contribution in [3.63, 3.8) is 0 Å². The standard InChI is InChI=1S/C22H21NO4/c1-22(2,3)16-8-5-14(6-9-16)21(25)27-23-19-12-7-15-13-17(26-4)10-11-18(15)20(19)24/h5-13H,1-4H3. The van der Waals surface area contributed by atoms with E-state index < -0.39 is 5.97 Å². The van der Waals surface area contributed by atoms with Crippen LogP contribution in [0.2, 0.25) is 0 Å². The summed E-state index contributed by atoms with van der Waals surface area (Å²) in [6.45, 7) is 6.29. The second-order valence-electron chi connectivity index (χ2n) is 7.30. The molecule has 3 rings (SSSR count). The van der Waals surface area contributed by atoms with Crippen molar-refractivity contribution in [2.75, 3.05) is 7.11 Å². The number of oxime groups is 1. The topological polar surface area (TPSA) is 65.0 Å². The molecular formula is C22H21NO4. The maximum absolute atomic E-state index is 12.5. The number of nitrogens with zero attached hydrogens (tertiary/aromatic N) is 1. The van der Waals surface area contributed by atoms with Crippen LogP contribution in [0.1, 0.15) is 52.6 Å². The molecule has 27 heavy (non-hydrogen) atoms. The summed E-state index contributed by atoms with van der Waals surface area (Å²) in [5.41, 5.74) is 2.79. The molecule has 1 aliphatic rings. The number of hydrogen-bond donors (Lipinski definition) is 0. The van der Waals surface area contributed by atoms with E-state index in [-0.39, 0.29) is 16.9 Å². The van der Waals surface area contributed by atoms with E-state index in [2.05, 4.69) is 25.9 Å². The first kappa shape index (κ1) is 18.6. The van der Waals surface area contributed by atoms with Gasteiger partial charge < -0.3 is 9.57 Å². The zero-order valence-corrected chi connectivity index (χ0v) is 15.8. The molecule has 0 saturated carbocycles. The number of fused-ring (bicyclic) bond motifs is 1. The van der Waals surface area contributed by atoms with Crippen LogP contribution in [0.15, 0.2) is 53.7 Å². The molecular weight excluding hydrogens is 342 g/mol. The summed E-state index contributed by atoms with van der Waals surface area (Å²) in [4.78, 5) is 29.7. The highest BCUT2D eigenvalue weighted by Crippen LogP contribution is 2.24. The summed E-state index contributed by atoms with van der Waals surface area (Å²) in [6.07, 6.45) is 3.27. The first-order valence-corrected chi connectivity index (χ1v) is 8.60. The molecule has 2 aromatic rings. The van der Waals surface area contributed by atoms with Gasteiger partial charge in [-0.1, -0.05) is 44.1 Å². The van der Waals surface area contributed by atoms with E-state index in [0.717, 1.165) is 11.1 Å². The van der Waals surface area contributed by atoms with Crippen LogP contribution in [-0.4, -0.2) is 24.6 Å². The average Bonchev–Trinajstić information content (AvgIpc) is 2.66. The van der Waals surface area contributed by atoms with Crippen molar-refractivity contribution in [3.05, 3.63) is 70.8 Å². The largest absolute Gasteiger partial charge is 0.497 e. The Balaban J connectivity index is 1.75. The fourth-order valence-electron chi connectivity index (χ4n) is 2.72. The molecule has 0 aromatic heterocycles. The predicted octanol–water partition coefficient (Wildman–Crippen LogP) is 4.42. The Bertz CT molecular complexity index is 947. The number of ketones is 1. The third kappa shape index (κ3) is 3.97. The molecule has 2 aromatic carbocycles. The van der Waals surface area contributed by atoms with E-state index in [0.29, 0.717) is 16.9 Å². The number of ether oxygens (including phenoxy) is 1. The van der Waals surface area contributed by atoms with Crippen LogP contribution in [0.4, 0.5) is 0 Å². The highest BCUT2D eigenvalue weighted by atomic mass is 16.7. The van der Waals surface area contributed by atoms with Gasteiger partial charge in [0.1, 0.15) is 5.75 Å². The molecule has 0 saturated heterocycles. The van der Waals surface area contributed by atoms with Crippen LogP contribution >= 0.6 is 0 Å². The molecule has 0 N–H and O–H groups in total. The van der Waals surface area contributed by atoms with Gasteiger partial charge in [0.05, 0.1) is 12.7 Å². The summed E-state index contributed by atoms with van der Waals surface area (Å²) in [7, 11) is 1.57. The maximum atomic E-state index is 12.5. The molecule has 0 atom stereocenters. The molecule has 5 nitrogen and oxygen atoms in total. The third-order valence-corrected chi connectivity index (χ3v) is 4.37. The van der Waals surface area contributed by atoms with Crippen molar-refractivity contribution in [2.24, 2.45) is 5.16 Å². The summed E-state index contributed by atoms with van der Waals surface area (Å²) in [5.74, 6) is -0.243. The van der Waals surface area contributed by atoms with Crippen molar-refractivity contribution in [3.8, 4) is 5.75 Å². The Morgan fingerprint density at radius 1 is 1.00 bits per heavy atom. The molecule has 0 aliphatic heterocycles. The Hall–Kier alpha value is -3.21. The fourth-order valence-corrected chi connectivity index (χ4v) is 2.72. The van der Waals surface area contributed by atoms with E-state index in [1.165, 1.54) is 6.08 Å². The van der Waals surface area contributed by atoms with Crippen LogP contribution in [-0.2, 0) is 10.3 Å². The number of methoxy groups -OCH3 is 1. The van der Waals surface area contributed by atoms with Gasteiger partial charge in [0, 0.05) is 5.56 Å². The third-order valence-electron chi connectivity index (χ3n) is 4.37. The summed E-state index contributed by atoms with van der Waals surface area (Å²) in [6, 6.07) is 12.3. The van der Waals surface area contributed by atoms with Crippen LogP contribution in [0.25, 0.3) is 6.08 Å². The predicted molar refractivity (Wildman–Crippen MR) is 104 cm³/mol. The molecule has 138 valence electrons. The van der Waals surface area contributed by atoms with Crippen molar-refractivity contribution in [1.29, 1.82) is 0 Å². The second kappa shape index (κ2) is 7.19. The maximum Gasteiger partial charge on any atom is 0.365 e. The molecule has 0 spiro atoms. The van der Waals surface area contributed by atoms with Crippen molar-refractivity contribution < 1.29 is 19.2 Å². The lowest BCUT2D eigenvalue weighted by molar-refractivity contribution is 0.0516. The molecule has 5 heteroatoms. The van der Waals surface area contributed by atoms with Crippen LogP contribution in [0.5, 0.6) is 5.75 Å². The first-order chi connectivity index (χ1) is 12.8. The van der Waals surface area contributed by atoms with Crippen LogP contribution in [0, 0.1) is 0 Å². The Morgan fingerprint density at radius 3 is 2.33 bits per heavy atom. The fraction of sp³-hybridized carbons (Fsp3) is 0.227. The molecule has 0 amide bonds. The van der Waals surface area contributed by atoms with Gasteiger partial charge >= 0.3 is 5.97 Å². The Kier molecular flexibility index (Phi) is 4.95. The zero-order valence-electron chi connectivity index (χ0n) is 15.8. The normalized spacial score (nSPS) is 14.8. The lowest BCUT2D eigenvalue weighted by atomic mass is 9.87. The summed E-state index contributed by atoms with van der Waals surface area (Å²) >= 11 is 0. The number of rotatable bonds is 3. The van der Waals surface area contributed by atoms with Crippen molar-refractivity contribution >= 4 is 23.5 Å². The minimum atomic E-state index is -0.607. The van der Waals surface area contributed by atoms with E-state index in [9.17, 15) is 9.59 Å². The van der Waals surface area contributed by atoms with Crippen molar-refractivity contribution in [1.82, 2.24) is 0 Å². The van der Waals surface area contributed by atoms with Gasteiger partial charge in [0.25, 0.3) is 0 Å². The number of allylic oxidation sites excluding steroid dienone is 1. The highest BCUT2D eigenvalue weighted by molar-refractivity contribution is 6.52. The van der Waals surface area contributed by atoms with Gasteiger partial charge in [-0.3, -0.25) is 4.79 Å². The first-order valence-electron chi connectivity index (χ1n) is 8.60. The Labute approximate surface area is 158 Å². The smallest absolute Gasteiger partial charge is 0.365 e. The van der Waals surface area contributed by atoms with E-state index >= 15 is 0 Å². The SMILES string of the molecule is COc1ccc2c(c1)C=CC(=NOC(=O)c1ccc(C(C)(C)C)cc1)C2=O. The minimum absolute atomic E-state index is 0.00194. The number of carbonyl (C=O) groups excluding carboxylic acids is 2. The zero-order chi connectivity index (χ0) is 19.6. The van der Waals surface area contributed by atoms with E-state index in [1.54, 1.807) is 43.5 Å². The highest BCUT2D eigenvalue weighted by Gasteiger charge is 2.21. The monoisotopic (exact) mass is 363 g/mol. The average molecular weight is 363 g/mol. The quantitative estimate of drug-likeness (QED) is 0.598. The Morgan fingerprint density at radius 2 is 1.70 bits per heavy atom. The molecule has 0 bridgehead atoms. The van der Waals surface area contributed by atoms with E-state index in [1.807, 2.05) is 12.1 Å². The lowest BCUT2D eigenvalue weighted by Gasteiger charge is -2.18. The van der Waals surface area contributed by atoms with Gasteiger partial charge in [0.15, 0.2) is 5.71 Å². The van der Waals surface area contributed by atoms with Gasteiger partial charge in [-0.05, 0) is 52.9 Å². The number of hydrogen-bond acceptors (Lipinski definition) is 5. The molecule has 0 heterocycles. The van der Waals surface area contributed by atoms with Gasteiger partial charge in [-0.15, -0.1) is 0 Å². The number of Topliss-reactive ketones (excluding diaryl/α,β-unsaturated/α-hetero) is 1. The van der Waals surface area contributed by atoms with Gasteiger partial charge in [0.2, 0.25) is 5.78 Å². The van der Waals surface area contributed by atoms with Crippen molar-refractivity contribution in [2.45, 2.75) is 26.2 Å². The van der Waals surface area contributed by atoms with Crippen LogP contribution < -0.4 is 4.74 Å². The summed E-state index contributed by atoms with van der Waals surface area (Å²) in [5, 5.41) is 3.75. The number of benzene rings is 2. The van der Waals surface area contributed by atoms with Crippen LogP contribution in [0.3, 0.4) is 0 Å². The van der Waals surface area contributed by atoms with E-state index in [4.69, 9.17) is 9.57 Å². The number of carbonyl (C=O) groups is 2. The van der Waals surface area contributed by atoms with Gasteiger partial charge in [-0.25, -0.2) is 4.79 Å². The molecule has 1 aliphatic carbocycles. The lowest BCUT2D eigenvalue weighted by Crippen LogP contribution is -2.18. The molecule has 0 radical (unpaired) electrons. The second-order valence-corrected chi connectivity index (χ2v) is 7.30.